The van der Waals surface area contributed by atoms with Crippen LogP contribution in [0.3, 0.4) is 0 Å². The van der Waals surface area contributed by atoms with Gasteiger partial charge in [-0.15, -0.1) is 0 Å². The van der Waals surface area contributed by atoms with Crippen LogP contribution in [-0.4, -0.2) is 95.7 Å². The zero-order chi connectivity index (χ0) is 26.0. The van der Waals surface area contributed by atoms with Crippen molar-refractivity contribution in [1.82, 2.24) is 0 Å². The van der Waals surface area contributed by atoms with E-state index in [1.54, 1.807) is 48.4 Å². The Morgan fingerprint density at radius 2 is 1.00 bits per heavy atom. The summed E-state index contributed by atoms with van der Waals surface area (Å²) in [5, 5.41) is 0. The second-order valence-electron chi connectivity index (χ2n) is 8.38. The van der Waals surface area contributed by atoms with Crippen LogP contribution in [0, 0.1) is 0 Å². The molecule has 0 unspecified atom stereocenters. The average Bonchev–Trinajstić information content (AvgIpc) is 2.71. The highest BCUT2D eigenvalue weighted by Gasteiger charge is 2.40. The van der Waals surface area contributed by atoms with Gasteiger partial charge in [0, 0.05) is 48.7 Å². The molecule has 0 aliphatic heterocycles. The van der Waals surface area contributed by atoms with Crippen LogP contribution in [0.4, 0.5) is 0 Å². The summed E-state index contributed by atoms with van der Waals surface area (Å²) in [7, 11) is 0.913. The predicted octanol–water partition coefficient (Wildman–Crippen LogP) is 3.63. The third kappa shape index (κ3) is 19.1. The lowest BCUT2D eigenvalue weighted by atomic mass is 10.9. The van der Waals surface area contributed by atoms with Crippen LogP contribution in [0.1, 0.15) is 0 Å². The lowest BCUT2D eigenvalue weighted by molar-refractivity contribution is 0.125. The molecule has 32 heavy (non-hydrogen) atoms. The summed E-state index contributed by atoms with van der Waals surface area (Å²) in [6.45, 7) is 21.3. The van der Waals surface area contributed by atoms with Crippen molar-refractivity contribution in [3.8, 4) is 0 Å². The standard InChI is InChI=1S/C9H26O4Si3.C5H12O3Si.C4H14OSi2/c1-10-16(11-2,12-3)9-8-15(6,7)13-14(4)5;1-5-9(6-2,7-3)8-4;1-6(2)5-7(3)4/h14H,8-9H2,1-7H3;5H,1H2,2-4H3;6-7H,1-4H3. The summed E-state index contributed by atoms with van der Waals surface area (Å²) in [5.74, 6) is 0. The predicted molar refractivity (Wildman–Crippen MR) is 150 cm³/mol. The van der Waals surface area contributed by atoms with Crippen molar-refractivity contribution < 1.29 is 34.8 Å². The van der Waals surface area contributed by atoms with Crippen LogP contribution in [-0.2, 0) is 34.8 Å². The van der Waals surface area contributed by atoms with Gasteiger partial charge in [0.25, 0.3) is 0 Å². The van der Waals surface area contributed by atoms with Crippen molar-refractivity contribution >= 4 is 53.0 Å². The third-order valence-electron chi connectivity index (χ3n) is 4.17. The molecule has 0 aromatic heterocycles. The molecule has 196 valence electrons. The fourth-order valence-electron chi connectivity index (χ4n) is 2.75. The fourth-order valence-corrected chi connectivity index (χ4v) is 18.4. The van der Waals surface area contributed by atoms with Crippen molar-refractivity contribution in [2.45, 2.75) is 64.5 Å². The highest BCUT2D eigenvalue weighted by atomic mass is 28.4. The summed E-state index contributed by atoms with van der Waals surface area (Å²) < 4.78 is 42.7. The zero-order valence-corrected chi connectivity index (χ0v) is 29.7. The molecule has 0 amide bonds. The molecular weight excluding hydrogens is 513 g/mol. The molecule has 0 aliphatic rings. The molecule has 14 heteroatoms. The van der Waals surface area contributed by atoms with Gasteiger partial charge in [-0.25, -0.2) is 0 Å². The highest BCUT2D eigenvalue weighted by Crippen LogP contribution is 2.23. The van der Waals surface area contributed by atoms with Crippen LogP contribution in [0.25, 0.3) is 0 Å². The molecule has 0 saturated carbocycles. The van der Waals surface area contributed by atoms with Gasteiger partial charge in [0.15, 0.2) is 35.4 Å². The number of rotatable bonds is 14. The van der Waals surface area contributed by atoms with Crippen LogP contribution < -0.4 is 0 Å². The summed E-state index contributed by atoms with van der Waals surface area (Å²) in [5.41, 5.74) is 1.58. The maximum Gasteiger partial charge on any atom is 0.528 e. The third-order valence-corrected chi connectivity index (χ3v) is 19.9. The molecule has 0 aromatic rings. The van der Waals surface area contributed by atoms with Crippen molar-refractivity contribution in [1.29, 1.82) is 0 Å². The SMILES string of the molecule is C=C[Si](OC)(OC)OC.CO[Si](CC[Si](C)(C)O[SiH](C)C)(OC)OC.C[SiH](C)O[SiH](C)C. The van der Waals surface area contributed by atoms with E-state index in [4.69, 9.17) is 34.8 Å². The van der Waals surface area contributed by atoms with E-state index in [1.807, 2.05) is 0 Å². The molecule has 0 spiro atoms. The first-order valence-corrected chi connectivity index (χ1v) is 26.1. The first-order chi connectivity index (χ1) is 14.7. The van der Waals surface area contributed by atoms with Gasteiger partial charge in [-0.3, -0.25) is 0 Å². The van der Waals surface area contributed by atoms with Crippen LogP contribution >= 0.6 is 0 Å². The van der Waals surface area contributed by atoms with E-state index in [2.05, 4.69) is 59.0 Å². The topological polar surface area (TPSA) is 73.8 Å². The normalized spacial score (nSPS) is 12.4. The number of hydrogen-bond donors (Lipinski definition) is 0. The van der Waals surface area contributed by atoms with E-state index >= 15 is 0 Å². The Bertz CT molecular complexity index is 425. The number of hydrogen-bond acceptors (Lipinski definition) is 8. The van der Waals surface area contributed by atoms with E-state index < -0.39 is 53.0 Å². The van der Waals surface area contributed by atoms with Gasteiger partial charge < -0.3 is 34.8 Å². The van der Waals surface area contributed by atoms with Gasteiger partial charge in [0.2, 0.25) is 0 Å². The Morgan fingerprint density at radius 1 is 0.625 bits per heavy atom. The first-order valence-electron chi connectivity index (χ1n) is 11.0. The fraction of sp³-hybridized carbons (Fsp3) is 0.889. The maximum atomic E-state index is 6.10. The summed E-state index contributed by atoms with van der Waals surface area (Å²) in [6.07, 6.45) is 0. The van der Waals surface area contributed by atoms with E-state index in [9.17, 15) is 0 Å². The van der Waals surface area contributed by atoms with Crippen molar-refractivity contribution in [3.63, 3.8) is 0 Å². The first kappa shape index (κ1) is 37.3. The van der Waals surface area contributed by atoms with E-state index in [-0.39, 0.29) is 0 Å². The Balaban J connectivity index is -0.000000442. The van der Waals surface area contributed by atoms with Gasteiger partial charge in [0.1, 0.15) is 0 Å². The molecule has 0 saturated heterocycles. The minimum Gasteiger partial charge on any atom is -0.461 e. The van der Waals surface area contributed by atoms with Gasteiger partial charge in [-0.1, -0.05) is 6.58 Å². The Labute approximate surface area is 206 Å². The minimum atomic E-state index is -2.43. The van der Waals surface area contributed by atoms with Crippen LogP contribution in [0.5, 0.6) is 0 Å². The Kier molecular flexibility index (Phi) is 23.3. The van der Waals surface area contributed by atoms with Crippen molar-refractivity contribution in [2.75, 3.05) is 42.7 Å². The minimum absolute atomic E-state index is 0.667. The largest absolute Gasteiger partial charge is 0.528 e. The van der Waals surface area contributed by atoms with Gasteiger partial charge in [0.05, 0.1) is 0 Å². The molecule has 0 N–H and O–H groups in total. The molecular formula is C18H52O8Si6. The molecule has 0 rings (SSSR count). The smallest absolute Gasteiger partial charge is 0.461 e. The van der Waals surface area contributed by atoms with Crippen molar-refractivity contribution in [2.24, 2.45) is 0 Å². The molecule has 0 bridgehead atoms. The molecule has 8 nitrogen and oxygen atoms in total. The lowest BCUT2D eigenvalue weighted by Crippen LogP contribution is -2.45. The lowest BCUT2D eigenvalue weighted by Gasteiger charge is -2.30. The van der Waals surface area contributed by atoms with Crippen molar-refractivity contribution in [3.05, 3.63) is 12.3 Å². The molecule has 0 aromatic carbocycles. The second-order valence-corrected chi connectivity index (χ2v) is 26.6. The quantitative estimate of drug-likeness (QED) is 0.296. The van der Waals surface area contributed by atoms with E-state index in [1.165, 1.54) is 0 Å². The molecule has 0 heterocycles. The molecule has 0 aliphatic carbocycles. The maximum absolute atomic E-state index is 6.10. The monoisotopic (exact) mass is 564 g/mol. The molecule has 0 atom stereocenters. The Hall–Kier alpha value is 0.721. The van der Waals surface area contributed by atoms with Gasteiger partial charge in [-0.05, 0) is 64.1 Å². The van der Waals surface area contributed by atoms with Gasteiger partial charge in [-0.2, -0.15) is 0 Å². The van der Waals surface area contributed by atoms with E-state index in [0.717, 1.165) is 12.1 Å². The highest BCUT2D eigenvalue weighted by molar-refractivity contribution is 6.79. The summed E-state index contributed by atoms with van der Waals surface area (Å²) in [4.78, 5) is 0. The summed E-state index contributed by atoms with van der Waals surface area (Å²) in [6, 6.07) is 1.87. The van der Waals surface area contributed by atoms with Gasteiger partial charge >= 0.3 is 17.6 Å². The summed E-state index contributed by atoms with van der Waals surface area (Å²) >= 11 is 0. The average molecular weight is 565 g/mol. The second kappa shape index (κ2) is 20.0. The molecule has 0 fully saturated rings. The van der Waals surface area contributed by atoms with Crippen LogP contribution in [0.15, 0.2) is 12.3 Å². The van der Waals surface area contributed by atoms with Crippen LogP contribution in [0.2, 0.25) is 64.5 Å². The van der Waals surface area contributed by atoms with E-state index in [0.29, 0.717) is 0 Å². The zero-order valence-electron chi connectivity index (χ0n) is 23.2. The Morgan fingerprint density at radius 3 is 1.16 bits per heavy atom. The molecule has 0 radical (unpaired) electrons.